The first-order chi connectivity index (χ1) is 7.69. The summed E-state index contributed by atoms with van der Waals surface area (Å²) in [6, 6.07) is 0. The van der Waals surface area contributed by atoms with Crippen molar-refractivity contribution in [2.24, 2.45) is 0 Å². The molecule has 0 spiro atoms. The molecule has 0 aliphatic carbocycles. The SMILES string of the molecule is C=C(C)COC1CC(C)(C)N(CC)C(C)(C)C1. The van der Waals surface area contributed by atoms with Crippen LogP contribution in [0.3, 0.4) is 0 Å². The lowest BCUT2D eigenvalue weighted by Gasteiger charge is -2.55. The van der Waals surface area contributed by atoms with Gasteiger partial charge in [-0.25, -0.2) is 0 Å². The van der Waals surface area contributed by atoms with Crippen LogP contribution in [0.15, 0.2) is 12.2 Å². The highest BCUT2D eigenvalue weighted by molar-refractivity contribution is 5.00. The van der Waals surface area contributed by atoms with Gasteiger partial charge in [-0.05, 0) is 54.0 Å². The summed E-state index contributed by atoms with van der Waals surface area (Å²) in [6.45, 7) is 19.3. The Balaban J connectivity index is 2.73. The lowest BCUT2D eigenvalue weighted by atomic mass is 9.78. The van der Waals surface area contributed by atoms with Gasteiger partial charge in [0.15, 0.2) is 0 Å². The van der Waals surface area contributed by atoms with E-state index < -0.39 is 0 Å². The smallest absolute Gasteiger partial charge is 0.0675 e. The van der Waals surface area contributed by atoms with Crippen LogP contribution in [0.4, 0.5) is 0 Å². The van der Waals surface area contributed by atoms with E-state index in [1.54, 1.807) is 0 Å². The molecule has 0 aromatic rings. The summed E-state index contributed by atoms with van der Waals surface area (Å²) in [4.78, 5) is 2.60. The molecular formula is C15H29NO. The Hall–Kier alpha value is -0.340. The van der Waals surface area contributed by atoms with Crippen LogP contribution in [0, 0.1) is 0 Å². The van der Waals surface area contributed by atoms with Gasteiger partial charge in [-0.1, -0.05) is 19.1 Å². The second kappa shape index (κ2) is 5.11. The fourth-order valence-electron chi connectivity index (χ4n) is 3.46. The van der Waals surface area contributed by atoms with Crippen molar-refractivity contribution in [3.63, 3.8) is 0 Å². The Morgan fingerprint density at radius 1 is 1.24 bits per heavy atom. The Bertz CT molecular complexity index is 263. The summed E-state index contributed by atoms with van der Waals surface area (Å²) < 4.78 is 5.98. The summed E-state index contributed by atoms with van der Waals surface area (Å²) in [6.07, 6.45) is 2.58. The van der Waals surface area contributed by atoms with Gasteiger partial charge in [-0.2, -0.15) is 0 Å². The highest BCUT2D eigenvalue weighted by atomic mass is 16.5. The normalized spacial score (nSPS) is 24.8. The molecule has 0 N–H and O–H groups in total. The standard InChI is InChI=1S/C15H29NO/c1-8-16-14(4,5)9-13(10-15(16,6)7)17-11-12(2)3/h13H,2,8-11H2,1,3-7H3. The van der Waals surface area contributed by atoms with E-state index in [2.05, 4.69) is 46.1 Å². The predicted octanol–water partition coefficient (Wildman–Crippen LogP) is 3.62. The average Bonchev–Trinajstić information content (AvgIpc) is 2.11. The zero-order valence-electron chi connectivity index (χ0n) is 12.5. The van der Waals surface area contributed by atoms with Crippen molar-refractivity contribution < 1.29 is 4.74 Å². The van der Waals surface area contributed by atoms with Crippen LogP contribution < -0.4 is 0 Å². The van der Waals surface area contributed by atoms with Gasteiger partial charge in [-0.3, -0.25) is 4.90 Å². The van der Waals surface area contributed by atoms with E-state index in [0.29, 0.717) is 12.7 Å². The van der Waals surface area contributed by atoms with Gasteiger partial charge in [0.2, 0.25) is 0 Å². The summed E-state index contributed by atoms with van der Waals surface area (Å²) in [5, 5.41) is 0. The Morgan fingerprint density at radius 2 is 1.71 bits per heavy atom. The monoisotopic (exact) mass is 239 g/mol. The topological polar surface area (TPSA) is 12.5 Å². The van der Waals surface area contributed by atoms with Gasteiger partial charge in [0.1, 0.15) is 0 Å². The molecule has 0 aromatic heterocycles. The quantitative estimate of drug-likeness (QED) is 0.695. The van der Waals surface area contributed by atoms with E-state index in [1.165, 1.54) is 0 Å². The lowest BCUT2D eigenvalue weighted by Crippen LogP contribution is -2.61. The third-order valence-electron chi connectivity index (χ3n) is 3.80. The molecule has 2 heteroatoms. The first-order valence-corrected chi connectivity index (χ1v) is 6.73. The molecule has 0 amide bonds. The Morgan fingerprint density at radius 3 is 2.06 bits per heavy atom. The van der Waals surface area contributed by atoms with Gasteiger partial charge in [0.25, 0.3) is 0 Å². The minimum atomic E-state index is 0.218. The maximum atomic E-state index is 5.98. The average molecular weight is 239 g/mol. The molecule has 2 nitrogen and oxygen atoms in total. The van der Waals surface area contributed by atoms with Crippen LogP contribution in [0.2, 0.25) is 0 Å². The van der Waals surface area contributed by atoms with Gasteiger partial charge in [-0.15, -0.1) is 0 Å². The number of nitrogens with zero attached hydrogens (tertiary/aromatic N) is 1. The van der Waals surface area contributed by atoms with E-state index in [-0.39, 0.29) is 11.1 Å². The van der Waals surface area contributed by atoms with Crippen LogP contribution >= 0.6 is 0 Å². The summed E-state index contributed by atoms with van der Waals surface area (Å²) in [7, 11) is 0. The van der Waals surface area contributed by atoms with Gasteiger partial charge >= 0.3 is 0 Å². The van der Waals surface area contributed by atoms with Gasteiger partial charge in [0.05, 0.1) is 12.7 Å². The Kier molecular flexibility index (Phi) is 4.43. The van der Waals surface area contributed by atoms with Gasteiger partial charge < -0.3 is 4.74 Å². The van der Waals surface area contributed by atoms with Crippen LogP contribution in [-0.4, -0.2) is 35.2 Å². The van der Waals surface area contributed by atoms with E-state index in [4.69, 9.17) is 4.74 Å². The fraction of sp³-hybridized carbons (Fsp3) is 0.867. The zero-order valence-corrected chi connectivity index (χ0v) is 12.5. The molecule has 1 saturated heterocycles. The Labute approximate surface area is 107 Å². The largest absolute Gasteiger partial charge is 0.374 e. The molecule has 0 atom stereocenters. The molecular weight excluding hydrogens is 210 g/mol. The van der Waals surface area contributed by atoms with E-state index in [0.717, 1.165) is 25.0 Å². The number of piperidine rings is 1. The molecule has 1 rings (SSSR count). The van der Waals surface area contributed by atoms with E-state index in [1.807, 2.05) is 6.92 Å². The van der Waals surface area contributed by atoms with Crippen molar-refractivity contribution in [1.82, 2.24) is 4.90 Å². The van der Waals surface area contributed by atoms with Crippen molar-refractivity contribution in [3.05, 3.63) is 12.2 Å². The maximum absolute atomic E-state index is 5.98. The summed E-state index contributed by atoms with van der Waals surface area (Å²) in [5.41, 5.74) is 1.55. The maximum Gasteiger partial charge on any atom is 0.0675 e. The molecule has 1 fully saturated rings. The van der Waals surface area contributed by atoms with E-state index in [9.17, 15) is 0 Å². The van der Waals surface area contributed by atoms with Crippen molar-refractivity contribution in [3.8, 4) is 0 Å². The van der Waals surface area contributed by atoms with Crippen LogP contribution in [0.25, 0.3) is 0 Å². The molecule has 1 aliphatic rings. The second-order valence-electron chi connectivity index (χ2n) is 6.67. The number of likely N-dealkylation sites (tertiary alicyclic amines) is 1. The highest BCUT2D eigenvalue weighted by Crippen LogP contribution is 2.39. The van der Waals surface area contributed by atoms with Crippen molar-refractivity contribution in [2.45, 2.75) is 71.6 Å². The molecule has 100 valence electrons. The zero-order chi connectivity index (χ0) is 13.3. The first kappa shape index (κ1) is 14.7. The lowest BCUT2D eigenvalue weighted by molar-refractivity contribution is -0.0973. The predicted molar refractivity (Wildman–Crippen MR) is 74.3 cm³/mol. The second-order valence-corrected chi connectivity index (χ2v) is 6.67. The molecule has 0 bridgehead atoms. The van der Waals surface area contributed by atoms with Crippen molar-refractivity contribution in [2.75, 3.05) is 13.2 Å². The molecule has 0 radical (unpaired) electrons. The highest BCUT2D eigenvalue weighted by Gasteiger charge is 2.44. The molecule has 17 heavy (non-hydrogen) atoms. The molecule has 0 saturated carbocycles. The third-order valence-corrected chi connectivity index (χ3v) is 3.80. The molecule has 1 aliphatic heterocycles. The molecule has 0 unspecified atom stereocenters. The summed E-state index contributed by atoms with van der Waals surface area (Å²) in [5.74, 6) is 0. The van der Waals surface area contributed by atoms with Crippen molar-refractivity contribution >= 4 is 0 Å². The molecule has 1 heterocycles. The number of hydrogen-bond donors (Lipinski definition) is 0. The number of hydrogen-bond acceptors (Lipinski definition) is 2. The molecule has 0 aromatic carbocycles. The van der Waals surface area contributed by atoms with Crippen LogP contribution in [0.5, 0.6) is 0 Å². The number of rotatable bonds is 4. The van der Waals surface area contributed by atoms with E-state index >= 15 is 0 Å². The summed E-state index contributed by atoms with van der Waals surface area (Å²) >= 11 is 0. The third kappa shape index (κ3) is 3.56. The van der Waals surface area contributed by atoms with Crippen LogP contribution in [-0.2, 0) is 4.74 Å². The van der Waals surface area contributed by atoms with Crippen LogP contribution in [0.1, 0.15) is 54.4 Å². The minimum Gasteiger partial charge on any atom is -0.374 e. The first-order valence-electron chi connectivity index (χ1n) is 6.73. The fourth-order valence-corrected chi connectivity index (χ4v) is 3.46. The number of ether oxygens (including phenoxy) is 1. The van der Waals surface area contributed by atoms with Crippen molar-refractivity contribution in [1.29, 1.82) is 0 Å². The van der Waals surface area contributed by atoms with Gasteiger partial charge in [0, 0.05) is 11.1 Å². The minimum absolute atomic E-state index is 0.218.